The van der Waals surface area contributed by atoms with Crippen LogP contribution < -0.4 is 10.1 Å². The summed E-state index contributed by atoms with van der Waals surface area (Å²) in [4.78, 5) is 15.1. The fourth-order valence-electron chi connectivity index (χ4n) is 3.39. The molecule has 1 saturated heterocycles. The number of rotatable bonds is 6. The minimum Gasteiger partial charge on any atom is -0.495 e. The van der Waals surface area contributed by atoms with Crippen molar-refractivity contribution in [1.29, 1.82) is 0 Å². The van der Waals surface area contributed by atoms with Crippen molar-refractivity contribution >= 4 is 21.6 Å². The molecule has 12 heteroatoms. The van der Waals surface area contributed by atoms with Gasteiger partial charge in [-0.05, 0) is 53.9 Å². The van der Waals surface area contributed by atoms with Crippen molar-refractivity contribution in [2.75, 3.05) is 45.7 Å². The van der Waals surface area contributed by atoms with Crippen LogP contribution in [-0.4, -0.2) is 84.1 Å². The monoisotopic (exact) mass is 457 g/mol. The topological polar surface area (TPSA) is 123 Å². The van der Waals surface area contributed by atoms with Crippen LogP contribution in [0.3, 0.4) is 0 Å². The van der Waals surface area contributed by atoms with E-state index in [4.69, 9.17) is 4.74 Å². The van der Waals surface area contributed by atoms with Crippen LogP contribution >= 0.6 is 0 Å². The summed E-state index contributed by atoms with van der Waals surface area (Å²) >= 11 is 0. The van der Waals surface area contributed by atoms with Crippen LogP contribution in [0.5, 0.6) is 5.75 Å². The molecule has 0 aliphatic carbocycles. The smallest absolute Gasteiger partial charge is 0.255 e. The van der Waals surface area contributed by atoms with Crippen LogP contribution in [0.1, 0.15) is 10.4 Å². The first-order valence-electron chi connectivity index (χ1n) is 9.90. The molecule has 168 valence electrons. The van der Waals surface area contributed by atoms with Gasteiger partial charge in [0.15, 0.2) is 0 Å². The first-order valence-corrected chi connectivity index (χ1v) is 11.3. The Morgan fingerprint density at radius 2 is 1.88 bits per heavy atom. The number of nitrogens with zero attached hydrogens (tertiary/aromatic N) is 6. The first-order chi connectivity index (χ1) is 15.4. The largest absolute Gasteiger partial charge is 0.495 e. The molecule has 1 aromatic heterocycles. The zero-order chi connectivity index (χ0) is 22.7. The van der Waals surface area contributed by atoms with Crippen LogP contribution in [0.4, 0.5) is 5.69 Å². The molecule has 0 radical (unpaired) electrons. The molecule has 1 fully saturated rings. The number of piperazine rings is 1. The van der Waals surface area contributed by atoms with Crippen LogP contribution in [-0.2, 0) is 10.0 Å². The molecule has 2 heterocycles. The van der Waals surface area contributed by atoms with Crippen molar-refractivity contribution in [1.82, 2.24) is 29.4 Å². The second kappa shape index (κ2) is 9.02. The van der Waals surface area contributed by atoms with Crippen molar-refractivity contribution in [3.05, 3.63) is 54.4 Å². The van der Waals surface area contributed by atoms with Gasteiger partial charge in [0.1, 0.15) is 12.1 Å². The second-order valence-electron chi connectivity index (χ2n) is 7.33. The third kappa shape index (κ3) is 4.47. The molecule has 3 aromatic rings. The number of carbonyl (C=O) groups excluding carboxylic acids is 1. The fraction of sp³-hybridized carbons (Fsp3) is 0.300. The van der Waals surface area contributed by atoms with Gasteiger partial charge in [-0.1, -0.05) is 6.07 Å². The van der Waals surface area contributed by atoms with Gasteiger partial charge in [0, 0.05) is 31.7 Å². The Balaban J connectivity index is 1.60. The summed E-state index contributed by atoms with van der Waals surface area (Å²) in [5.41, 5.74) is 1.23. The number of methoxy groups -OCH3 is 1. The van der Waals surface area contributed by atoms with E-state index in [1.807, 2.05) is 7.05 Å². The maximum Gasteiger partial charge on any atom is 0.255 e. The van der Waals surface area contributed by atoms with Crippen LogP contribution in [0.15, 0.2) is 53.7 Å². The number of ether oxygens (including phenoxy) is 1. The Bertz CT molecular complexity index is 1210. The number of tetrazole rings is 1. The van der Waals surface area contributed by atoms with Crippen molar-refractivity contribution in [2.24, 2.45) is 0 Å². The zero-order valence-electron chi connectivity index (χ0n) is 17.7. The first kappa shape index (κ1) is 21.9. The van der Waals surface area contributed by atoms with E-state index in [1.54, 1.807) is 24.3 Å². The number of aromatic nitrogens is 4. The summed E-state index contributed by atoms with van der Waals surface area (Å²) in [7, 11) is -0.281. The lowest BCUT2D eigenvalue weighted by Crippen LogP contribution is -2.47. The van der Waals surface area contributed by atoms with Gasteiger partial charge in [-0.25, -0.2) is 13.1 Å². The molecule has 1 aliphatic rings. The lowest BCUT2D eigenvalue weighted by molar-refractivity contribution is 0.102. The van der Waals surface area contributed by atoms with Gasteiger partial charge in [-0.3, -0.25) is 4.79 Å². The number of sulfonamides is 1. The number of amides is 1. The van der Waals surface area contributed by atoms with E-state index in [1.165, 1.54) is 40.6 Å². The third-order valence-electron chi connectivity index (χ3n) is 5.24. The van der Waals surface area contributed by atoms with Gasteiger partial charge >= 0.3 is 0 Å². The van der Waals surface area contributed by atoms with Gasteiger partial charge in [0.05, 0.1) is 23.4 Å². The average molecular weight is 458 g/mol. The third-order valence-corrected chi connectivity index (χ3v) is 7.14. The molecule has 4 rings (SSSR count). The summed E-state index contributed by atoms with van der Waals surface area (Å²) < 4.78 is 34.4. The molecule has 1 aliphatic heterocycles. The molecule has 0 spiro atoms. The van der Waals surface area contributed by atoms with Crippen molar-refractivity contribution in [2.45, 2.75) is 4.90 Å². The molecule has 1 N–H and O–H groups in total. The maximum atomic E-state index is 13.1. The summed E-state index contributed by atoms with van der Waals surface area (Å²) in [6.07, 6.45) is 1.42. The Labute approximate surface area is 185 Å². The molecule has 0 unspecified atom stereocenters. The van der Waals surface area contributed by atoms with Gasteiger partial charge < -0.3 is 15.0 Å². The molecule has 1 amide bonds. The Morgan fingerprint density at radius 3 is 2.56 bits per heavy atom. The van der Waals surface area contributed by atoms with Crippen LogP contribution in [0, 0.1) is 0 Å². The minimum absolute atomic E-state index is 0.0978. The quantitative estimate of drug-likeness (QED) is 0.578. The van der Waals surface area contributed by atoms with E-state index in [9.17, 15) is 13.2 Å². The van der Waals surface area contributed by atoms with Crippen molar-refractivity contribution in [3.8, 4) is 11.4 Å². The lowest BCUT2D eigenvalue weighted by Gasteiger charge is -2.31. The average Bonchev–Trinajstić information content (AvgIpc) is 3.34. The summed E-state index contributed by atoms with van der Waals surface area (Å²) in [5.74, 6) is -0.0697. The highest BCUT2D eigenvalue weighted by atomic mass is 32.2. The summed E-state index contributed by atoms with van der Waals surface area (Å²) in [6, 6.07) is 11.2. The highest BCUT2D eigenvalue weighted by molar-refractivity contribution is 7.89. The second-order valence-corrected chi connectivity index (χ2v) is 9.27. The number of hydrogen-bond donors (Lipinski definition) is 1. The number of hydrogen-bond acceptors (Lipinski definition) is 8. The normalized spacial score (nSPS) is 15.4. The van der Waals surface area contributed by atoms with E-state index in [2.05, 4.69) is 25.7 Å². The van der Waals surface area contributed by atoms with E-state index < -0.39 is 15.9 Å². The standard InChI is InChI=1S/C20H23N7O4S/c1-25-8-10-26(11-9-25)32(29,30)17-6-7-19(31-2)18(13-17)22-20(28)15-4-3-5-16(12-15)27-14-21-23-24-27/h3-7,12-14H,8-11H2,1-2H3,(H,22,28). The molecule has 11 nitrogen and oxygen atoms in total. The van der Waals surface area contributed by atoms with Gasteiger partial charge in [-0.2, -0.15) is 4.31 Å². The summed E-state index contributed by atoms with van der Waals surface area (Å²) in [6.45, 7) is 2.15. The highest BCUT2D eigenvalue weighted by Crippen LogP contribution is 2.30. The van der Waals surface area contributed by atoms with Crippen molar-refractivity contribution in [3.63, 3.8) is 0 Å². The predicted octanol–water partition coefficient (Wildman–Crippen LogP) is 0.859. The van der Waals surface area contributed by atoms with Gasteiger partial charge in [-0.15, -0.1) is 5.10 Å². The number of nitrogens with one attached hydrogen (secondary N) is 1. The molecule has 32 heavy (non-hydrogen) atoms. The minimum atomic E-state index is -3.70. The van der Waals surface area contributed by atoms with Crippen molar-refractivity contribution < 1.29 is 17.9 Å². The van der Waals surface area contributed by atoms with Gasteiger partial charge in [0.25, 0.3) is 5.91 Å². The number of likely N-dealkylation sites (N-methyl/N-ethyl adjacent to an activating group) is 1. The lowest BCUT2D eigenvalue weighted by atomic mass is 10.2. The van der Waals surface area contributed by atoms with E-state index in [0.717, 1.165) is 0 Å². The fourth-order valence-corrected chi connectivity index (χ4v) is 4.84. The van der Waals surface area contributed by atoms with Gasteiger partial charge in [0.2, 0.25) is 10.0 Å². The maximum absolute atomic E-state index is 13.1. The Morgan fingerprint density at radius 1 is 1.09 bits per heavy atom. The molecule has 0 saturated carbocycles. The van der Waals surface area contributed by atoms with E-state index >= 15 is 0 Å². The summed E-state index contributed by atoms with van der Waals surface area (Å²) in [5, 5.41) is 13.8. The van der Waals surface area contributed by atoms with E-state index in [-0.39, 0.29) is 10.6 Å². The molecule has 0 atom stereocenters. The Hall–Kier alpha value is -3.35. The van der Waals surface area contributed by atoms with E-state index in [0.29, 0.717) is 43.2 Å². The zero-order valence-corrected chi connectivity index (χ0v) is 18.5. The Kier molecular flexibility index (Phi) is 6.17. The number of benzene rings is 2. The molecular weight excluding hydrogens is 434 g/mol. The van der Waals surface area contributed by atoms with Crippen LogP contribution in [0.25, 0.3) is 5.69 Å². The highest BCUT2D eigenvalue weighted by Gasteiger charge is 2.28. The molecule has 2 aromatic carbocycles. The molecule has 0 bridgehead atoms. The van der Waals surface area contributed by atoms with Crippen LogP contribution in [0.2, 0.25) is 0 Å². The molecular formula is C20H23N7O4S. The predicted molar refractivity (Wildman–Crippen MR) is 116 cm³/mol. The number of anilines is 1. The number of carbonyl (C=O) groups is 1. The SMILES string of the molecule is COc1ccc(S(=O)(=O)N2CCN(C)CC2)cc1NC(=O)c1cccc(-n2cnnn2)c1.